The third kappa shape index (κ3) is 3.19. The summed E-state index contributed by atoms with van der Waals surface area (Å²) in [6.07, 6.45) is 9.62. The van der Waals surface area contributed by atoms with Crippen molar-refractivity contribution in [2.75, 3.05) is 20.2 Å². The van der Waals surface area contributed by atoms with Crippen molar-refractivity contribution in [2.24, 2.45) is 5.73 Å². The van der Waals surface area contributed by atoms with Crippen LogP contribution in [0.5, 0.6) is 0 Å². The summed E-state index contributed by atoms with van der Waals surface area (Å²) in [5.41, 5.74) is 5.63. The molecule has 0 aromatic heterocycles. The van der Waals surface area contributed by atoms with Crippen LogP contribution in [-0.4, -0.2) is 43.3 Å². The van der Waals surface area contributed by atoms with Crippen molar-refractivity contribution in [1.29, 1.82) is 0 Å². The lowest BCUT2D eigenvalue weighted by molar-refractivity contribution is 0.0252. The van der Waals surface area contributed by atoms with Gasteiger partial charge in [0.25, 0.3) is 0 Å². The molecule has 0 saturated heterocycles. The van der Waals surface area contributed by atoms with Crippen LogP contribution in [0, 0.1) is 0 Å². The van der Waals surface area contributed by atoms with Crippen LogP contribution >= 0.6 is 0 Å². The summed E-state index contributed by atoms with van der Waals surface area (Å²) in [5.74, 6) is 0. The largest absolute Gasteiger partial charge is 0.381 e. The third-order valence-electron chi connectivity index (χ3n) is 4.04. The summed E-state index contributed by atoms with van der Waals surface area (Å²) < 4.78 is 5.52. The monoisotopic (exact) mass is 226 g/mol. The minimum atomic E-state index is 0.498. The summed E-state index contributed by atoms with van der Waals surface area (Å²) in [7, 11) is 1.86. The fourth-order valence-electron chi connectivity index (χ4n) is 2.98. The second-order valence-electron chi connectivity index (χ2n) is 5.29. The Morgan fingerprint density at radius 1 is 1.19 bits per heavy atom. The standard InChI is InChI=1S/C13H26N2O/c1-16-13-5-2-4-12(10-13)15(9-3-8-14)11-6-7-11/h11-13H,2-10,14H2,1H3. The van der Waals surface area contributed by atoms with Gasteiger partial charge in [0, 0.05) is 19.2 Å². The zero-order valence-corrected chi connectivity index (χ0v) is 10.5. The average molecular weight is 226 g/mol. The molecule has 2 atom stereocenters. The molecule has 2 saturated carbocycles. The Morgan fingerprint density at radius 3 is 2.62 bits per heavy atom. The van der Waals surface area contributed by atoms with E-state index in [9.17, 15) is 0 Å². The van der Waals surface area contributed by atoms with Crippen molar-refractivity contribution in [3.8, 4) is 0 Å². The van der Waals surface area contributed by atoms with Gasteiger partial charge in [-0.1, -0.05) is 0 Å². The lowest BCUT2D eigenvalue weighted by Gasteiger charge is -2.37. The van der Waals surface area contributed by atoms with Crippen LogP contribution in [0.15, 0.2) is 0 Å². The van der Waals surface area contributed by atoms with Crippen LogP contribution in [0.2, 0.25) is 0 Å². The van der Waals surface area contributed by atoms with Crippen LogP contribution in [0.4, 0.5) is 0 Å². The Hall–Kier alpha value is -0.120. The molecule has 0 radical (unpaired) electrons. The molecule has 3 heteroatoms. The Bertz CT molecular complexity index is 206. The van der Waals surface area contributed by atoms with E-state index in [-0.39, 0.29) is 0 Å². The van der Waals surface area contributed by atoms with E-state index in [0.717, 1.165) is 25.0 Å². The second kappa shape index (κ2) is 5.99. The normalized spacial score (nSPS) is 30.9. The number of nitrogens with zero attached hydrogens (tertiary/aromatic N) is 1. The van der Waals surface area contributed by atoms with Crippen molar-refractivity contribution in [3.05, 3.63) is 0 Å². The highest BCUT2D eigenvalue weighted by Gasteiger charge is 2.35. The number of methoxy groups -OCH3 is 1. The SMILES string of the molecule is COC1CCCC(N(CCCN)C2CC2)C1. The zero-order valence-electron chi connectivity index (χ0n) is 10.5. The van der Waals surface area contributed by atoms with Crippen LogP contribution in [0.1, 0.15) is 44.9 Å². The van der Waals surface area contributed by atoms with E-state index in [1.165, 1.54) is 45.1 Å². The fraction of sp³-hybridized carbons (Fsp3) is 1.00. The van der Waals surface area contributed by atoms with Gasteiger partial charge in [0.1, 0.15) is 0 Å². The molecule has 2 aliphatic rings. The summed E-state index contributed by atoms with van der Waals surface area (Å²) in [4.78, 5) is 2.72. The average Bonchev–Trinajstić information content (AvgIpc) is 3.14. The molecular formula is C13H26N2O. The summed E-state index contributed by atoms with van der Waals surface area (Å²) in [5, 5.41) is 0. The topological polar surface area (TPSA) is 38.5 Å². The van der Waals surface area contributed by atoms with Crippen LogP contribution in [-0.2, 0) is 4.74 Å². The second-order valence-corrected chi connectivity index (χ2v) is 5.29. The molecule has 0 amide bonds. The molecule has 2 unspecified atom stereocenters. The molecule has 0 bridgehead atoms. The van der Waals surface area contributed by atoms with Gasteiger partial charge < -0.3 is 10.5 Å². The van der Waals surface area contributed by atoms with E-state index in [0.29, 0.717) is 6.10 Å². The number of ether oxygens (including phenoxy) is 1. The van der Waals surface area contributed by atoms with Crippen molar-refractivity contribution >= 4 is 0 Å². The van der Waals surface area contributed by atoms with Gasteiger partial charge in [-0.15, -0.1) is 0 Å². The molecule has 0 spiro atoms. The Morgan fingerprint density at radius 2 is 2.00 bits per heavy atom. The minimum Gasteiger partial charge on any atom is -0.381 e. The lowest BCUT2D eigenvalue weighted by atomic mass is 9.91. The first-order chi connectivity index (χ1) is 7.85. The van der Waals surface area contributed by atoms with Gasteiger partial charge in [0.15, 0.2) is 0 Å². The van der Waals surface area contributed by atoms with Gasteiger partial charge in [0.2, 0.25) is 0 Å². The molecule has 2 rings (SSSR count). The van der Waals surface area contributed by atoms with Crippen LogP contribution in [0.3, 0.4) is 0 Å². The first-order valence-corrected chi connectivity index (χ1v) is 6.83. The third-order valence-corrected chi connectivity index (χ3v) is 4.04. The van der Waals surface area contributed by atoms with E-state index in [1.807, 2.05) is 7.11 Å². The highest BCUT2D eigenvalue weighted by molar-refractivity contribution is 4.91. The number of rotatable bonds is 6. The van der Waals surface area contributed by atoms with Crippen LogP contribution < -0.4 is 5.73 Å². The van der Waals surface area contributed by atoms with Gasteiger partial charge in [0.05, 0.1) is 6.10 Å². The number of hydrogen-bond acceptors (Lipinski definition) is 3. The summed E-state index contributed by atoms with van der Waals surface area (Å²) in [6.45, 7) is 2.02. The summed E-state index contributed by atoms with van der Waals surface area (Å²) >= 11 is 0. The smallest absolute Gasteiger partial charge is 0.0586 e. The molecule has 2 aliphatic carbocycles. The highest BCUT2D eigenvalue weighted by Crippen LogP contribution is 2.34. The molecule has 0 aromatic carbocycles. The van der Waals surface area contributed by atoms with E-state index in [4.69, 9.17) is 10.5 Å². The molecule has 0 aliphatic heterocycles. The maximum atomic E-state index is 5.63. The van der Waals surface area contributed by atoms with Crippen LogP contribution in [0.25, 0.3) is 0 Å². The van der Waals surface area contributed by atoms with E-state index < -0.39 is 0 Å². The Balaban J connectivity index is 1.85. The zero-order chi connectivity index (χ0) is 11.4. The van der Waals surface area contributed by atoms with E-state index in [2.05, 4.69) is 4.90 Å². The minimum absolute atomic E-state index is 0.498. The predicted octanol–water partition coefficient (Wildman–Crippen LogP) is 1.76. The number of hydrogen-bond donors (Lipinski definition) is 1. The van der Waals surface area contributed by atoms with Crippen molar-refractivity contribution < 1.29 is 4.74 Å². The highest BCUT2D eigenvalue weighted by atomic mass is 16.5. The fourth-order valence-corrected chi connectivity index (χ4v) is 2.98. The molecule has 2 N–H and O–H groups in total. The Kier molecular flexibility index (Phi) is 4.62. The maximum Gasteiger partial charge on any atom is 0.0586 e. The number of nitrogens with two attached hydrogens (primary N) is 1. The van der Waals surface area contributed by atoms with Crippen molar-refractivity contribution in [3.63, 3.8) is 0 Å². The summed E-state index contributed by atoms with van der Waals surface area (Å²) in [6, 6.07) is 1.63. The van der Waals surface area contributed by atoms with E-state index in [1.54, 1.807) is 0 Å². The van der Waals surface area contributed by atoms with Crippen molar-refractivity contribution in [2.45, 2.75) is 63.1 Å². The van der Waals surface area contributed by atoms with Gasteiger partial charge >= 0.3 is 0 Å². The van der Waals surface area contributed by atoms with Gasteiger partial charge in [-0.25, -0.2) is 0 Å². The molecule has 0 aromatic rings. The molecule has 16 heavy (non-hydrogen) atoms. The molecular weight excluding hydrogens is 200 g/mol. The Labute approximate surface area is 99.3 Å². The van der Waals surface area contributed by atoms with E-state index >= 15 is 0 Å². The predicted molar refractivity (Wildman–Crippen MR) is 66.5 cm³/mol. The lowest BCUT2D eigenvalue weighted by Crippen LogP contribution is -2.43. The quantitative estimate of drug-likeness (QED) is 0.750. The molecule has 0 heterocycles. The maximum absolute atomic E-state index is 5.63. The van der Waals surface area contributed by atoms with Gasteiger partial charge in [-0.3, -0.25) is 4.90 Å². The first-order valence-electron chi connectivity index (χ1n) is 6.83. The molecule has 3 nitrogen and oxygen atoms in total. The van der Waals surface area contributed by atoms with Gasteiger partial charge in [-0.2, -0.15) is 0 Å². The first kappa shape index (κ1) is 12.3. The van der Waals surface area contributed by atoms with Gasteiger partial charge in [-0.05, 0) is 58.0 Å². The molecule has 2 fully saturated rings. The molecule has 94 valence electrons. The van der Waals surface area contributed by atoms with Crippen molar-refractivity contribution in [1.82, 2.24) is 4.90 Å².